The summed E-state index contributed by atoms with van der Waals surface area (Å²) in [6.45, 7) is 5.02. The van der Waals surface area contributed by atoms with E-state index in [0.717, 1.165) is 22.2 Å². The number of ether oxygens (including phenoxy) is 2. The largest absolute Gasteiger partial charge is 0.490 e. The molecule has 0 amide bonds. The molecule has 4 rings (SSSR count). The summed E-state index contributed by atoms with van der Waals surface area (Å²) in [5, 5.41) is 15.0. The summed E-state index contributed by atoms with van der Waals surface area (Å²) < 4.78 is 11.5. The first-order chi connectivity index (χ1) is 13.2. The van der Waals surface area contributed by atoms with Crippen molar-refractivity contribution >= 4 is 16.6 Å². The predicted octanol–water partition coefficient (Wildman–Crippen LogP) is 4.10. The van der Waals surface area contributed by atoms with Gasteiger partial charge in [-0.3, -0.25) is 4.98 Å². The van der Waals surface area contributed by atoms with Crippen LogP contribution >= 0.6 is 0 Å². The van der Waals surface area contributed by atoms with Gasteiger partial charge in [-0.05, 0) is 37.1 Å². The Morgan fingerprint density at radius 3 is 2.59 bits per heavy atom. The zero-order valence-electron chi connectivity index (χ0n) is 15.6. The van der Waals surface area contributed by atoms with E-state index in [1.165, 1.54) is 5.56 Å². The van der Waals surface area contributed by atoms with E-state index in [9.17, 15) is 5.11 Å². The van der Waals surface area contributed by atoms with E-state index < -0.39 is 6.10 Å². The number of aromatic nitrogens is 1. The number of fused-ring (bicyclic) bond motifs is 2. The van der Waals surface area contributed by atoms with Gasteiger partial charge in [0.15, 0.2) is 11.5 Å². The third kappa shape index (κ3) is 3.30. The van der Waals surface area contributed by atoms with Gasteiger partial charge < -0.3 is 19.9 Å². The summed E-state index contributed by atoms with van der Waals surface area (Å²) in [4.78, 5) is 4.49. The summed E-state index contributed by atoms with van der Waals surface area (Å²) >= 11 is 0. The van der Waals surface area contributed by atoms with Crippen LogP contribution in [0.25, 0.3) is 10.9 Å². The number of hydrogen-bond acceptors (Lipinski definition) is 5. The van der Waals surface area contributed by atoms with E-state index in [0.29, 0.717) is 31.1 Å². The monoisotopic (exact) mass is 364 g/mol. The van der Waals surface area contributed by atoms with Crippen molar-refractivity contribution in [2.45, 2.75) is 32.4 Å². The summed E-state index contributed by atoms with van der Waals surface area (Å²) in [5.41, 5.74) is 4.08. The molecule has 3 aromatic rings. The fourth-order valence-corrected chi connectivity index (χ4v) is 3.73. The van der Waals surface area contributed by atoms with Crippen molar-refractivity contribution in [3.8, 4) is 11.5 Å². The van der Waals surface area contributed by atoms with Crippen molar-refractivity contribution < 1.29 is 14.6 Å². The first kappa shape index (κ1) is 17.6. The second-order valence-corrected chi connectivity index (χ2v) is 6.63. The molecule has 2 aromatic carbocycles. The maximum atomic E-state index is 10.6. The maximum absolute atomic E-state index is 10.6. The van der Waals surface area contributed by atoms with Gasteiger partial charge in [0, 0.05) is 29.8 Å². The fourth-order valence-electron chi connectivity index (χ4n) is 3.73. The molecule has 5 nitrogen and oxygen atoms in total. The van der Waals surface area contributed by atoms with Gasteiger partial charge in [-0.1, -0.05) is 24.3 Å². The average Bonchev–Trinajstić information content (AvgIpc) is 2.98. The molecule has 1 aromatic heterocycles. The van der Waals surface area contributed by atoms with Crippen molar-refractivity contribution in [1.82, 2.24) is 4.98 Å². The summed E-state index contributed by atoms with van der Waals surface area (Å²) in [7, 11) is 0. The highest BCUT2D eigenvalue weighted by Gasteiger charge is 2.31. The second kappa shape index (κ2) is 7.45. The SMILES string of the molecule is CCOc1cc2nccc(N[C@H]3c4ccccc4C[C@H]3O)c2cc1OCC. The molecule has 2 N–H and O–H groups in total. The molecular formula is C22H24N2O3. The lowest BCUT2D eigenvalue weighted by Gasteiger charge is -2.21. The Morgan fingerprint density at radius 2 is 1.81 bits per heavy atom. The zero-order chi connectivity index (χ0) is 18.8. The number of benzene rings is 2. The summed E-state index contributed by atoms with van der Waals surface area (Å²) in [5.74, 6) is 1.40. The van der Waals surface area contributed by atoms with E-state index in [4.69, 9.17) is 9.47 Å². The smallest absolute Gasteiger partial charge is 0.163 e. The van der Waals surface area contributed by atoms with Gasteiger partial charge in [-0.25, -0.2) is 0 Å². The highest BCUT2D eigenvalue weighted by Crippen LogP contribution is 2.38. The zero-order valence-corrected chi connectivity index (χ0v) is 15.6. The molecule has 0 saturated heterocycles. The normalized spacial score (nSPS) is 18.3. The minimum Gasteiger partial charge on any atom is -0.490 e. The lowest BCUT2D eigenvalue weighted by atomic mass is 10.1. The number of rotatable bonds is 6. The van der Waals surface area contributed by atoms with Crippen LogP contribution in [-0.2, 0) is 6.42 Å². The Kier molecular flexibility index (Phi) is 4.86. The van der Waals surface area contributed by atoms with Crippen LogP contribution in [0.3, 0.4) is 0 Å². The third-order valence-electron chi connectivity index (χ3n) is 4.92. The number of hydrogen-bond donors (Lipinski definition) is 2. The first-order valence-corrected chi connectivity index (χ1v) is 9.42. The van der Waals surface area contributed by atoms with Crippen molar-refractivity contribution in [2.24, 2.45) is 0 Å². The van der Waals surface area contributed by atoms with Crippen LogP contribution in [0.5, 0.6) is 11.5 Å². The number of pyridine rings is 1. The standard InChI is InChI=1S/C22H24N2O3/c1-3-26-20-12-16-17(9-10-23-18(16)13-21(20)27-4-2)24-22-15-8-6-5-7-14(15)11-19(22)25/h5-10,12-13,19,22,25H,3-4,11H2,1-2H3,(H,23,24)/t19-,22+/m1/s1. The van der Waals surface area contributed by atoms with Crippen molar-refractivity contribution in [3.63, 3.8) is 0 Å². The number of nitrogens with zero attached hydrogens (tertiary/aromatic N) is 1. The number of aliphatic hydroxyl groups is 1. The number of aliphatic hydroxyl groups excluding tert-OH is 1. The molecule has 0 saturated carbocycles. The van der Waals surface area contributed by atoms with Crippen molar-refractivity contribution in [2.75, 3.05) is 18.5 Å². The minimum absolute atomic E-state index is 0.145. The van der Waals surface area contributed by atoms with Crippen LogP contribution in [0, 0.1) is 0 Å². The third-order valence-corrected chi connectivity index (χ3v) is 4.92. The van der Waals surface area contributed by atoms with Crippen LogP contribution in [-0.4, -0.2) is 29.4 Å². The van der Waals surface area contributed by atoms with E-state index in [1.807, 2.05) is 44.2 Å². The van der Waals surface area contributed by atoms with Gasteiger partial charge in [0.25, 0.3) is 0 Å². The van der Waals surface area contributed by atoms with Gasteiger partial charge in [0.1, 0.15) is 0 Å². The molecule has 1 aliphatic carbocycles. The predicted molar refractivity (Wildman–Crippen MR) is 107 cm³/mol. The molecule has 5 heteroatoms. The van der Waals surface area contributed by atoms with Crippen LogP contribution < -0.4 is 14.8 Å². The number of nitrogens with one attached hydrogen (secondary N) is 1. The van der Waals surface area contributed by atoms with Gasteiger partial charge in [0.2, 0.25) is 0 Å². The Labute approximate surface area is 159 Å². The van der Waals surface area contributed by atoms with Crippen LogP contribution in [0.1, 0.15) is 31.0 Å². The molecule has 0 spiro atoms. The maximum Gasteiger partial charge on any atom is 0.163 e. The highest BCUT2D eigenvalue weighted by atomic mass is 16.5. The first-order valence-electron chi connectivity index (χ1n) is 9.42. The lowest BCUT2D eigenvalue weighted by Crippen LogP contribution is -2.21. The Balaban J connectivity index is 1.75. The second-order valence-electron chi connectivity index (χ2n) is 6.63. The average molecular weight is 364 g/mol. The van der Waals surface area contributed by atoms with E-state index >= 15 is 0 Å². The Bertz CT molecular complexity index is 957. The van der Waals surface area contributed by atoms with E-state index in [2.05, 4.69) is 22.4 Å². The van der Waals surface area contributed by atoms with Gasteiger partial charge in [-0.2, -0.15) is 0 Å². The minimum atomic E-state index is -0.459. The van der Waals surface area contributed by atoms with Crippen LogP contribution in [0.2, 0.25) is 0 Å². The highest BCUT2D eigenvalue weighted by molar-refractivity contribution is 5.93. The molecule has 0 bridgehead atoms. The summed E-state index contributed by atoms with van der Waals surface area (Å²) in [6.07, 6.45) is 1.98. The molecule has 1 heterocycles. The van der Waals surface area contributed by atoms with E-state index in [-0.39, 0.29) is 6.04 Å². The molecule has 0 fully saturated rings. The number of anilines is 1. The molecular weight excluding hydrogens is 340 g/mol. The van der Waals surface area contributed by atoms with Crippen molar-refractivity contribution in [3.05, 3.63) is 59.8 Å². The Hall–Kier alpha value is -2.79. The fraction of sp³-hybridized carbons (Fsp3) is 0.318. The molecule has 0 aliphatic heterocycles. The molecule has 27 heavy (non-hydrogen) atoms. The lowest BCUT2D eigenvalue weighted by molar-refractivity contribution is 0.166. The molecule has 140 valence electrons. The topological polar surface area (TPSA) is 63.6 Å². The van der Waals surface area contributed by atoms with Crippen LogP contribution in [0.4, 0.5) is 5.69 Å². The quantitative estimate of drug-likeness (QED) is 0.689. The molecule has 1 aliphatic rings. The van der Waals surface area contributed by atoms with Gasteiger partial charge in [-0.15, -0.1) is 0 Å². The molecule has 2 atom stereocenters. The van der Waals surface area contributed by atoms with E-state index in [1.54, 1.807) is 6.20 Å². The molecule has 0 unspecified atom stereocenters. The van der Waals surface area contributed by atoms with Gasteiger partial charge >= 0.3 is 0 Å². The van der Waals surface area contributed by atoms with Gasteiger partial charge in [0.05, 0.1) is 30.9 Å². The summed E-state index contributed by atoms with van der Waals surface area (Å²) in [6, 6.07) is 13.8. The van der Waals surface area contributed by atoms with Crippen LogP contribution in [0.15, 0.2) is 48.7 Å². The van der Waals surface area contributed by atoms with Crippen molar-refractivity contribution in [1.29, 1.82) is 0 Å². The Morgan fingerprint density at radius 1 is 1.07 bits per heavy atom. The molecule has 0 radical (unpaired) electrons.